The van der Waals surface area contributed by atoms with Gasteiger partial charge in [-0.15, -0.1) is 0 Å². The Balaban J connectivity index is 1.67. The molecular formula is C17H21FN2O3S2. The maximum atomic E-state index is 12.8. The maximum Gasteiger partial charge on any atom is 0.317 e. The van der Waals surface area contributed by atoms with E-state index in [0.717, 1.165) is 31.5 Å². The highest BCUT2D eigenvalue weighted by molar-refractivity contribution is 8.23. The molecule has 1 aliphatic heterocycles. The molecule has 1 aliphatic rings. The van der Waals surface area contributed by atoms with E-state index >= 15 is 0 Å². The molecule has 0 aromatic heterocycles. The van der Waals surface area contributed by atoms with Crippen LogP contribution in [0.15, 0.2) is 24.3 Å². The number of carbonyl (C=O) groups is 2. The smallest absolute Gasteiger partial charge is 0.317 e. The number of amides is 1. The Labute approximate surface area is 156 Å². The van der Waals surface area contributed by atoms with Crippen molar-refractivity contribution in [2.24, 2.45) is 0 Å². The molecule has 1 N–H and O–H groups in total. The zero-order chi connectivity index (χ0) is 18.2. The van der Waals surface area contributed by atoms with Gasteiger partial charge in [-0.3, -0.25) is 9.59 Å². The van der Waals surface area contributed by atoms with E-state index < -0.39 is 18.0 Å². The summed E-state index contributed by atoms with van der Waals surface area (Å²) in [5, 5.41) is 2.65. The van der Waals surface area contributed by atoms with Crippen LogP contribution in [0.4, 0.5) is 4.39 Å². The van der Waals surface area contributed by atoms with E-state index in [0.29, 0.717) is 4.32 Å². The summed E-state index contributed by atoms with van der Waals surface area (Å²) in [6, 6.07) is 5.82. The van der Waals surface area contributed by atoms with Crippen LogP contribution in [0.3, 0.4) is 0 Å². The van der Waals surface area contributed by atoms with Crippen molar-refractivity contribution in [2.45, 2.75) is 32.4 Å². The van der Waals surface area contributed by atoms with Crippen LogP contribution in [0.5, 0.6) is 0 Å². The fourth-order valence-electron chi connectivity index (χ4n) is 2.33. The molecule has 0 saturated carbocycles. The molecule has 1 saturated heterocycles. The van der Waals surface area contributed by atoms with E-state index in [4.69, 9.17) is 17.0 Å². The zero-order valence-electron chi connectivity index (χ0n) is 14.0. The summed E-state index contributed by atoms with van der Waals surface area (Å²) in [5.74, 6) is -1.12. The summed E-state index contributed by atoms with van der Waals surface area (Å²) in [6.07, 6.45) is 1.35. The van der Waals surface area contributed by atoms with Crippen LogP contribution in [0.2, 0.25) is 0 Å². The second-order valence-corrected chi connectivity index (χ2v) is 7.33. The minimum absolute atomic E-state index is 0.0882. The predicted octanol–water partition coefficient (Wildman–Crippen LogP) is 2.49. The molecule has 0 spiro atoms. The topological polar surface area (TPSA) is 58.6 Å². The summed E-state index contributed by atoms with van der Waals surface area (Å²) in [7, 11) is 0. The molecule has 1 atom stereocenters. The quantitative estimate of drug-likeness (QED) is 0.601. The van der Waals surface area contributed by atoms with E-state index in [1.807, 2.05) is 0 Å². The first-order chi connectivity index (χ1) is 12.0. The Morgan fingerprint density at radius 1 is 1.32 bits per heavy atom. The molecular weight excluding hydrogens is 363 g/mol. The van der Waals surface area contributed by atoms with Crippen LogP contribution in [-0.2, 0) is 20.9 Å². The Morgan fingerprint density at radius 3 is 2.60 bits per heavy atom. The average Bonchev–Trinajstić information content (AvgIpc) is 3.13. The van der Waals surface area contributed by atoms with Gasteiger partial charge in [0.1, 0.15) is 10.1 Å². The molecule has 1 amide bonds. The van der Waals surface area contributed by atoms with Crippen LogP contribution in [-0.4, -0.2) is 46.0 Å². The zero-order valence-corrected chi connectivity index (χ0v) is 15.6. The molecule has 1 aromatic carbocycles. The molecule has 1 fully saturated rings. The van der Waals surface area contributed by atoms with E-state index in [-0.39, 0.29) is 18.1 Å². The number of halogens is 1. The van der Waals surface area contributed by atoms with E-state index in [9.17, 15) is 14.0 Å². The van der Waals surface area contributed by atoms with Crippen molar-refractivity contribution < 1.29 is 18.7 Å². The lowest BCUT2D eigenvalue weighted by atomic mass is 10.2. The van der Waals surface area contributed by atoms with E-state index in [2.05, 4.69) is 10.2 Å². The van der Waals surface area contributed by atoms with Gasteiger partial charge in [0.15, 0.2) is 6.10 Å². The van der Waals surface area contributed by atoms with Crippen LogP contribution in [0.1, 0.15) is 25.3 Å². The summed E-state index contributed by atoms with van der Waals surface area (Å²) in [4.78, 5) is 25.9. The summed E-state index contributed by atoms with van der Waals surface area (Å²) >= 11 is 6.54. The lowest BCUT2D eigenvalue weighted by Gasteiger charge is -2.18. The Bertz CT molecular complexity index is 619. The highest BCUT2D eigenvalue weighted by Gasteiger charge is 2.20. The molecule has 8 heteroatoms. The van der Waals surface area contributed by atoms with Crippen LogP contribution < -0.4 is 5.32 Å². The SMILES string of the molecule is C[C@@H](OC(=O)CSC(=S)N1CCCC1)C(=O)NCc1ccc(F)cc1. The van der Waals surface area contributed by atoms with Crippen molar-refractivity contribution in [1.82, 2.24) is 10.2 Å². The van der Waals surface area contributed by atoms with Crippen LogP contribution >= 0.6 is 24.0 Å². The van der Waals surface area contributed by atoms with Gasteiger partial charge in [-0.2, -0.15) is 0 Å². The number of carbonyl (C=O) groups excluding carboxylic acids is 2. The van der Waals surface area contributed by atoms with Crippen molar-refractivity contribution >= 4 is 40.2 Å². The highest BCUT2D eigenvalue weighted by Crippen LogP contribution is 2.16. The number of nitrogens with zero attached hydrogens (tertiary/aromatic N) is 1. The lowest BCUT2D eigenvalue weighted by Crippen LogP contribution is -2.36. The van der Waals surface area contributed by atoms with Crippen LogP contribution in [0, 0.1) is 5.82 Å². The number of rotatable bonds is 6. The summed E-state index contributed by atoms with van der Waals surface area (Å²) < 4.78 is 18.6. The van der Waals surface area contributed by atoms with Gasteiger partial charge in [0, 0.05) is 19.6 Å². The predicted molar refractivity (Wildman–Crippen MR) is 99.7 cm³/mol. The second-order valence-electron chi connectivity index (χ2n) is 5.73. The maximum absolute atomic E-state index is 12.8. The molecule has 0 aliphatic carbocycles. The molecule has 136 valence electrons. The second kappa shape index (κ2) is 9.72. The number of hydrogen-bond donors (Lipinski definition) is 1. The third-order valence-corrected chi connectivity index (χ3v) is 5.23. The average molecular weight is 384 g/mol. The fraction of sp³-hybridized carbons (Fsp3) is 0.471. The van der Waals surface area contributed by atoms with Crippen molar-refractivity contribution in [3.05, 3.63) is 35.6 Å². The molecule has 0 bridgehead atoms. The van der Waals surface area contributed by atoms with Gasteiger partial charge in [-0.05, 0) is 37.5 Å². The van der Waals surface area contributed by atoms with Gasteiger partial charge in [0.05, 0.1) is 5.75 Å². The van der Waals surface area contributed by atoms with Crippen molar-refractivity contribution in [1.29, 1.82) is 0 Å². The van der Waals surface area contributed by atoms with Gasteiger partial charge >= 0.3 is 5.97 Å². The summed E-state index contributed by atoms with van der Waals surface area (Å²) in [6.45, 7) is 3.63. The van der Waals surface area contributed by atoms with E-state index in [1.165, 1.54) is 30.8 Å². The monoisotopic (exact) mass is 384 g/mol. The number of likely N-dealkylation sites (tertiary alicyclic amines) is 1. The fourth-order valence-corrected chi connectivity index (χ4v) is 3.37. The van der Waals surface area contributed by atoms with Gasteiger partial charge in [0.2, 0.25) is 0 Å². The van der Waals surface area contributed by atoms with Crippen molar-refractivity contribution in [3.63, 3.8) is 0 Å². The molecule has 5 nitrogen and oxygen atoms in total. The van der Waals surface area contributed by atoms with E-state index in [1.54, 1.807) is 12.1 Å². The number of ether oxygens (including phenoxy) is 1. The Hall–Kier alpha value is -1.67. The normalized spacial score (nSPS) is 14.9. The third-order valence-electron chi connectivity index (χ3n) is 3.74. The molecule has 1 heterocycles. The number of thioether (sulfide) groups is 1. The molecule has 1 aromatic rings. The standard InChI is InChI=1S/C17H21FN2O3S2/c1-12(16(22)19-10-13-4-6-14(18)7-5-13)23-15(21)11-25-17(24)20-8-2-3-9-20/h4-7,12H,2-3,8-11H2,1H3,(H,19,22)/t12-/m1/s1. The van der Waals surface area contributed by atoms with Crippen molar-refractivity contribution in [3.8, 4) is 0 Å². The lowest BCUT2D eigenvalue weighted by molar-refractivity contribution is -0.152. The summed E-state index contributed by atoms with van der Waals surface area (Å²) in [5.41, 5.74) is 0.764. The minimum atomic E-state index is -0.895. The first-order valence-electron chi connectivity index (χ1n) is 8.09. The van der Waals surface area contributed by atoms with Gasteiger partial charge in [-0.1, -0.05) is 36.1 Å². The number of nitrogens with one attached hydrogen (secondary N) is 1. The molecule has 0 unspecified atom stereocenters. The number of esters is 1. The molecule has 0 radical (unpaired) electrons. The Morgan fingerprint density at radius 2 is 1.96 bits per heavy atom. The largest absolute Gasteiger partial charge is 0.452 e. The third kappa shape index (κ3) is 6.62. The van der Waals surface area contributed by atoms with Gasteiger partial charge in [-0.25, -0.2) is 4.39 Å². The van der Waals surface area contributed by atoms with Gasteiger partial charge in [0.25, 0.3) is 5.91 Å². The van der Waals surface area contributed by atoms with Crippen molar-refractivity contribution in [2.75, 3.05) is 18.8 Å². The molecule has 25 heavy (non-hydrogen) atoms. The van der Waals surface area contributed by atoms with Crippen LogP contribution in [0.25, 0.3) is 0 Å². The number of thiocarbonyl (C=S) groups is 1. The van der Waals surface area contributed by atoms with Gasteiger partial charge < -0.3 is 15.0 Å². The Kier molecular flexibility index (Phi) is 7.64. The molecule has 2 rings (SSSR count). The first-order valence-corrected chi connectivity index (χ1v) is 9.48. The minimum Gasteiger partial charge on any atom is -0.452 e. The number of hydrogen-bond acceptors (Lipinski definition) is 5. The number of benzene rings is 1. The first kappa shape index (κ1) is 19.7. The highest BCUT2D eigenvalue weighted by atomic mass is 32.2.